The van der Waals surface area contributed by atoms with Gasteiger partial charge in [-0.1, -0.05) is 48.0 Å². The molecule has 1 aliphatic rings. The molecule has 0 unspecified atom stereocenters. The van der Waals surface area contributed by atoms with E-state index in [4.69, 9.17) is 21.8 Å². The number of hydrogen-bond acceptors (Lipinski definition) is 7. The van der Waals surface area contributed by atoms with E-state index in [1.54, 1.807) is 22.9 Å². The van der Waals surface area contributed by atoms with Gasteiger partial charge in [0.15, 0.2) is 5.82 Å². The molecule has 3 heterocycles. The lowest BCUT2D eigenvalue weighted by atomic mass is 9.99. The van der Waals surface area contributed by atoms with E-state index in [9.17, 15) is 9.59 Å². The van der Waals surface area contributed by atoms with Crippen LogP contribution in [0.25, 0.3) is 11.1 Å². The van der Waals surface area contributed by atoms with Gasteiger partial charge >= 0.3 is 0 Å². The minimum Gasteiger partial charge on any atom is -0.352 e. The summed E-state index contributed by atoms with van der Waals surface area (Å²) in [6.07, 6.45) is 2.90. The van der Waals surface area contributed by atoms with Crippen LogP contribution in [0.5, 0.6) is 0 Å². The molecule has 204 valence electrons. The van der Waals surface area contributed by atoms with Crippen molar-refractivity contribution in [2.45, 2.75) is 39.8 Å². The minimum absolute atomic E-state index is 0.0965. The predicted molar refractivity (Wildman–Crippen MR) is 155 cm³/mol. The van der Waals surface area contributed by atoms with E-state index in [1.165, 1.54) is 11.0 Å². The molecule has 9 nitrogen and oxygen atoms in total. The van der Waals surface area contributed by atoms with E-state index in [2.05, 4.69) is 29.4 Å². The summed E-state index contributed by atoms with van der Waals surface area (Å²) in [5.74, 6) is 0.587. The van der Waals surface area contributed by atoms with Crippen molar-refractivity contribution in [3.63, 3.8) is 0 Å². The molecular weight excluding hydrogens is 548 g/mol. The second-order valence-corrected chi connectivity index (χ2v) is 11.1. The van der Waals surface area contributed by atoms with Crippen molar-refractivity contribution in [2.24, 2.45) is 4.99 Å². The normalized spacial score (nSPS) is 14.3. The van der Waals surface area contributed by atoms with E-state index in [-0.39, 0.29) is 12.3 Å². The summed E-state index contributed by atoms with van der Waals surface area (Å²) in [4.78, 5) is 30.7. The van der Waals surface area contributed by atoms with Crippen LogP contribution in [0.15, 0.2) is 59.6 Å². The molecule has 0 spiro atoms. The highest BCUT2D eigenvalue weighted by atomic mass is 35.5. The number of carbonyl (C=O) groups excluding carboxylic acids is 2. The lowest BCUT2D eigenvalue weighted by Gasteiger charge is -2.13. The zero-order valence-electron chi connectivity index (χ0n) is 22.1. The van der Waals surface area contributed by atoms with Crippen LogP contribution >= 0.6 is 22.9 Å². The summed E-state index contributed by atoms with van der Waals surface area (Å²) in [6, 6.07) is 14.4. The monoisotopic (exact) mass is 574 g/mol. The third-order valence-corrected chi connectivity index (χ3v) is 8.19. The van der Waals surface area contributed by atoms with E-state index >= 15 is 0 Å². The van der Waals surface area contributed by atoms with Crippen LogP contribution in [-0.2, 0) is 16.1 Å². The Hall–Kier alpha value is -4.12. The molecule has 1 atom stereocenters. The second kappa shape index (κ2) is 11.5. The highest BCUT2D eigenvalue weighted by Gasteiger charge is 2.32. The Morgan fingerprint density at radius 2 is 1.80 bits per heavy atom. The number of nitrogens with one attached hydrogen (secondary N) is 2. The summed E-state index contributed by atoms with van der Waals surface area (Å²) in [6.45, 7) is 6.42. The largest absolute Gasteiger partial charge is 0.352 e. The number of hydroxylamine groups is 1. The maximum Gasteiger partial charge on any atom is 0.267 e. The number of nitrogens with zero attached hydrogens (tertiary/aromatic N) is 4. The van der Waals surface area contributed by atoms with Gasteiger partial charge in [0.1, 0.15) is 16.9 Å². The summed E-state index contributed by atoms with van der Waals surface area (Å²) in [5, 5.41) is 22.0. The van der Waals surface area contributed by atoms with Crippen LogP contribution in [-0.4, -0.2) is 37.5 Å². The van der Waals surface area contributed by atoms with Crippen molar-refractivity contribution in [1.82, 2.24) is 25.6 Å². The van der Waals surface area contributed by atoms with Crippen LogP contribution in [0.4, 0.5) is 0 Å². The maximum atomic E-state index is 13.2. The van der Waals surface area contributed by atoms with Crippen LogP contribution in [0.1, 0.15) is 56.8 Å². The van der Waals surface area contributed by atoms with Gasteiger partial charge in [-0.05, 0) is 55.7 Å². The molecule has 0 aliphatic carbocycles. The van der Waals surface area contributed by atoms with Crippen LogP contribution < -0.4 is 10.8 Å². The third-order valence-electron chi connectivity index (χ3n) is 6.74. The highest BCUT2D eigenvalue weighted by Crippen LogP contribution is 2.39. The van der Waals surface area contributed by atoms with Crippen LogP contribution in [0.2, 0.25) is 5.02 Å². The van der Waals surface area contributed by atoms with Gasteiger partial charge in [-0.15, -0.1) is 21.5 Å². The van der Waals surface area contributed by atoms with Crippen molar-refractivity contribution in [3.8, 4) is 5.00 Å². The Morgan fingerprint density at radius 1 is 1.07 bits per heavy atom. The molecule has 2 aromatic carbocycles. The van der Waals surface area contributed by atoms with Crippen LogP contribution in [0.3, 0.4) is 0 Å². The Balaban J connectivity index is 1.41. The number of carbonyl (C=O) groups is 2. The fourth-order valence-electron chi connectivity index (χ4n) is 4.54. The zero-order valence-corrected chi connectivity index (χ0v) is 23.7. The number of aromatic nitrogens is 3. The third kappa shape index (κ3) is 5.60. The minimum atomic E-state index is -0.608. The number of thiophene rings is 1. The van der Waals surface area contributed by atoms with Gasteiger partial charge in [-0.3, -0.25) is 24.4 Å². The first-order valence-electron chi connectivity index (χ1n) is 12.6. The fraction of sp³-hybridized carbons (Fsp3) is 0.207. The number of hydrogen-bond donors (Lipinski definition) is 3. The summed E-state index contributed by atoms with van der Waals surface area (Å²) >= 11 is 7.84. The number of aryl methyl sites for hydroxylation is 2. The average molecular weight is 575 g/mol. The number of fused-ring (bicyclic) bond motifs is 3. The second-order valence-electron chi connectivity index (χ2n) is 9.44. The molecule has 2 amide bonds. The van der Waals surface area contributed by atoms with E-state index in [0.29, 0.717) is 17.4 Å². The molecule has 11 heteroatoms. The van der Waals surface area contributed by atoms with Gasteiger partial charge in [0.25, 0.3) is 5.91 Å². The Bertz CT molecular complexity index is 1640. The molecule has 4 aromatic rings. The standard InChI is InChI=1S/C29H27ClN6O3S/c1-16-17(2)40-29-26(16)27(21-9-11-22(30)12-10-21)32-23(28-34-33-18(3)36(28)29)14-25(38)31-15-20-6-4-19(5-7-20)8-13-24(37)35-39/h4-13,23,39H,14-15H2,1-3H3,(H,31,38)(H,35,37)/b13-8+/t23-/m0/s1. The van der Waals surface area contributed by atoms with Crippen LogP contribution in [0, 0.1) is 20.8 Å². The van der Waals surface area contributed by atoms with Gasteiger partial charge in [-0.2, -0.15) is 0 Å². The quantitative estimate of drug-likeness (QED) is 0.162. The predicted octanol–water partition coefficient (Wildman–Crippen LogP) is 5.02. The molecule has 5 rings (SSSR count). The molecule has 0 fully saturated rings. The number of benzene rings is 2. The topological polar surface area (TPSA) is 122 Å². The van der Waals surface area contributed by atoms with Crippen molar-refractivity contribution in [2.75, 3.05) is 0 Å². The summed E-state index contributed by atoms with van der Waals surface area (Å²) < 4.78 is 2.02. The Kier molecular flexibility index (Phi) is 7.92. The highest BCUT2D eigenvalue weighted by molar-refractivity contribution is 7.15. The molecule has 0 radical (unpaired) electrons. The van der Waals surface area contributed by atoms with Gasteiger partial charge in [0.05, 0.1) is 12.1 Å². The molecule has 1 aliphatic heterocycles. The molecule has 0 saturated carbocycles. The smallest absolute Gasteiger partial charge is 0.267 e. The van der Waals surface area contributed by atoms with Crippen molar-refractivity contribution in [1.29, 1.82) is 0 Å². The zero-order chi connectivity index (χ0) is 28.4. The first kappa shape index (κ1) is 27.4. The molecule has 0 bridgehead atoms. The number of aliphatic imine (C=N–C) groups is 1. The van der Waals surface area contributed by atoms with Gasteiger partial charge in [0, 0.05) is 33.6 Å². The molecular formula is C29H27ClN6O3S. The van der Waals surface area contributed by atoms with Crippen molar-refractivity contribution < 1.29 is 14.8 Å². The Morgan fingerprint density at radius 3 is 2.50 bits per heavy atom. The first-order valence-corrected chi connectivity index (χ1v) is 13.8. The summed E-state index contributed by atoms with van der Waals surface area (Å²) in [7, 11) is 0. The number of amides is 2. The first-order chi connectivity index (χ1) is 19.2. The summed E-state index contributed by atoms with van der Waals surface area (Å²) in [5.41, 5.74) is 7.10. The molecule has 40 heavy (non-hydrogen) atoms. The molecule has 0 saturated heterocycles. The average Bonchev–Trinajstić information content (AvgIpc) is 3.43. The SMILES string of the molecule is Cc1sc2c(c1C)C(c1ccc(Cl)cc1)=N[C@@H](CC(=O)NCc1ccc(/C=C/C(=O)NO)cc1)c1nnc(C)n1-2. The van der Waals surface area contributed by atoms with E-state index in [1.807, 2.05) is 60.0 Å². The lowest BCUT2D eigenvalue weighted by Crippen LogP contribution is -2.25. The fourth-order valence-corrected chi connectivity index (χ4v) is 5.88. The lowest BCUT2D eigenvalue weighted by molar-refractivity contribution is -0.124. The van der Waals surface area contributed by atoms with E-state index in [0.717, 1.165) is 44.4 Å². The van der Waals surface area contributed by atoms with Gasteiger partial charge in [0.2, 0.25) is 5.91 Å². The van der Waals surface area contributed by atoms with Gasteiger partial charge in [-0.25, -0.2) is 5.48 Å². The number of halogens is 1. The van der Waals surface area contributed by atoms with Crippen molar-refractivity contribution in [3.05, 3.63) is 104 Å². The number of rotatable bonds is 7. The molecule has 3 N–H and O–H groups in total. The van der Waals surface area contributed by atoms with Gasteiger partial charge < -0.3 is 5.32 Å². The van der Waals surface area contributed by atoms with Crippen molar-refractivity contribution >= 4 is 46.5 Å². The van der Waals surface area contributed by atoms with E-state index < -0.39 is 11.9 Å². The maximum absolute atomic E-state index is 13.2. The Labute approximate surface area is 240 Å². The molecule has 2 aromatic heterocycles.